The number of nitrogens with one attached hydrogen (secondary N) is 2. The summed E-state index contributed by atoms with van der Waals surface area (Å²) < 4.78 is 49.7. The number of nitrogens with zero attached hydrogens (tertiary/aromatic N) is 2. The Kier molecular flexibility index (Phi) is 4.15. The molecule has 6 N–H and O–H groups in total. The number of pyridine rings is 1. The van der Waals surface area contributed by atoms with Crippen molar-refractivity contribution >= 4 is 31.5 Å². The van der Waals surface area contributed by atoms with Gasteiger partial charge in [-0.15, -0.1) is 0 Å². The summed E-state index contributed by atoms with van der Waals surface area (Å²) >= 11 is 0. The van der Waals surface area contributed by atoms with Crippen LogP contribution in [0.2, 0.25) is 0 Å². The smallest absolute Gasteiger partial charge is 0.260 e. The van der Waals surface area contributed by atoms with E-state index in [-0.39, 0.29) is 17.4 Å². The Morgan fingerprint density at radius 1 is 1.24 bits per heavy atom. The molecular weight excluding hydrogens is 320 g/mol. The van der Waals surface area contributed by atoms with Crippen molar-refractivity contribution in [3.63, 3.8) is 0 Å². The second-order valence-electron chi connectivity index (χ2n) is 4.10. The molecule has 0 saturated carbocycles. The van der Waals surface area contributed by atoms with E-state index < -0.39 is 25.8 Å². The van der Waals surface area contributed by atoms with Gasteiger partial charge in [0.25, 0.3) is 10.0 Å². The molecule has 0 unspecified atom stereocenters. The first-order chi connectivity index (χ1) is 9.74. The van der Waals surface area contributed by atoms with Crippen LogP contribution < -0.4 is 21.1 Å². The van der Waals surface area contributed by atoms with Gasteiger partial charge in [-0.05, 0) is 12.1 Å². The van der Waals surface area contributed by atoms with Gasteiger partial charge in [-0.3, -0.25) is 4.40 Å². The lowest BCUT2D eigenvalue weighted by Crippen LogP contribution is -2.32. The van der Waals surface area contributed by atoms with Crippen molar-refractivity contribution in [2.45, 2.75) is 5.03 Å². The highest BCUT2D eigenvalue weighted by Crippen LogP contribution is 2.21. The number of rotatable bonds is 6. The summed E-state index contributed by atoms with van der Waals surface area (Å²) in [6.45, 7) is -0.356. The molecule has 0 aliphatic heterocycles. The van der Waals surface area contributed by atoms with Crippen molar-refractivity contribution in [1.29, 1.82) is 0 Å². The molecule has 0 aliphatic carbocycles. The second kappa shape index (κ2) is 5.57. The van der Waals surface area contributed by atoms with Crippen LogP contribution in [0, 0.1) is 0 Å². The van der Waals surface area contributed by atoms with E-state index >= 15 is 0 Å². The molecule has 0 saturated heterocycles. The summed E-state index contributed by atoms with van der Waals surface area (Å²) in [5.74, 6) is 4.70. The van der Waals surface area contributed by atoms with E-state index in [9.17, 15) is 16.8 Å². The highest BCUT2D eigenvalue weighted by Gasteiger charge is 2.24. The van der Waals surface area contributed by atoms with Gasteiger partial charge in [-0.25, -0.2) is 37.5 Å². The monoisotopic (exact) mass is 334 g/mol. The number of fused-ring (bicyclic) bond motifs is 1. The van der Waals surface area contributed by atoms with Crippen LogP contribution in [0.3, 0.4) is 0 Å². The zero-order chi connectivity index (χ0) is 15.7. The second-order valence-corrected chi connectivity index (χ2v) is 7.52. The van der Waals surface area contributed by atoms with Crippen molar-refractivity contribution in [3.8, 4) is 0 Å². The molecule has 116 valence electrons. The fourth-order valence-electron chi connectivity index (χ4n) is 1.71. The summed E-state index contributed by atoms with van der Waals surface area (Å²) in [5.41, 5.74) is 2.58. The average molecular weight is 334 g/mol. The van der Waals surface area contributed by atoms with Crippen LogP contribution in [0.1, 0.15) is 0 Å². The van der Waals surface area contributed by atoms with Gasteiger partial charge < -0.3 is 5.43 Å². The Morgan fingerprint density at radius 2 is 1.95 bits per heavy atom. The fraction of sp³-hybridized carbons (Fsp3) is 0.222. The van der Waals surface area contributed by atoms with E-state index in [1.807, 2.05) is 0 Å². The van der Waals surface area contributed by atoms with Crippen molar-refractivity contribution in [1.82, 2.24) is 14.1 Å². The first-order valence-corrected chi connectivity index (χ1v) is 8.88. The number of hydrazine groups is 1. The van der Waals surface area contributed by atoms with Crippen LogP contribution in [0.25, 0.3) is 5.65 Å². The van der Waals surface area contributed by atoms with Gasteiger partial charge in [0.2, 0.25) is 10.0 Å². The number of hydrogen-bond donors (Lipinski definition) is 4. The molecule has 2 aromatic rings. The zero-order valence-corrected chi connectivity index (χ0v) is 12.4. The van der Waals surface area contributed by atoms with E-state index in [1.54, 1.807) is 18.2 Å². The quantitative estimate of drug-likeness (QED) is 0.357. The van der Waals surface area contributed by atoms with Crippen LogP contribution in [0.15, 0.2) is 29.4 Å². The molecule has 2 aromatic heterocycles. The van der Waals surface area contributed by atoms with E-state index in [0.717, 1.165) is 0 Å². The Bertz CT molecular complexity index is 857. The lowest BCUT2D eigenvalue weighted by Gasteiger charge is -2.07. The van der Waals surface area contributed by atoms with Crippen molar-refractivity contribution < 1.29 is 16.8 Å². The number of hydrogen-bond acceptors (Lipinski definition) is 7. The maximum Gasteiger partial charge on any atom is 0.260 e. The third kappa shape index (κ3) is 3.48. The molecular formula is C9H14N6O4S2. The fourth-order valence-corrected chi connectivity index (χ4v) is 3.51. The summed E-state index contributed by atoms with van der Waals surface area (Å²) in [4.78, 5) is 4.02. The van der Waals surface area contributed by atoms with Gasteiger partial charge in [0.1, 0.15) is 5.65 Å². The molecule has 2 rings (SSSR count). The normalized spacial score (nSPS) is 12.7. The average Bonchev–Trinajstić information content (AvgIpc) is 2.75. The SMILES string of the molecule is NNc1nc2ccccn2c1S(=O)(=O)NCCS(N)(=O)=O. The lowest BCUT2D eigenvalue weighted by atomic mass is 10.5. The molecule has 0 aliphatic rings. The Hall–Kier alpha value is -1.73. The minimum absolute atomic E-state index is 0.0516. The molecule has 0 radical (unpaired) electrons. The van der Waals surface area contributed by atoms with Gasteiger partial charge in [-0.2, -0.15) is 0 Å². The van der Waals surface area contributed by atoms with E-state index in [0.29, 0.717) is 5.65 Å². The van der Waals surface area contributed by atoms with Crippen molar-refractivity contribution in [3.05, 3.63) is 24.4 Å². The summed E-state index contributed by atoms with van der Waals surface area (Å²) in [7, 11) is -7.78. The molecule has 0 atom stereocenters. The minimum atomic E-state index is -4.02. The first kappa shape index (κ1) is 15.7. The number of aromatic nitrogens is 2. The van der Waals surface area contributed by atoms with Crippen LogP contribution in [-0.2, 0) is 20.0 Å². The van der Waals surface area contributed by atoms with Crippen LogP contribution in [-0.4, -0.2) is 38.5 Å². The van der Waals surface area contributed by atoms with E-state index in [1.165, 1.54) is 10.6 Å². The first-order valence-electron chi connectivity index (χ1n) is 5.68. The van der Waals surface area contributed by atoms with Gasteiger partial charge in [0, 0.05) is 12.7 Å². The van der Waals surface area contributed by atoms with Crippen LogP contribution in [0.4, 0.5) is 5.82 Å². The van der Waals surface area contributed by atoms with Crippen LogP contribution >= 0.6 is 0 Å². The molecule has 2 heterocycles. The maximum atomic E-state index is 12.3. The molecule has 21 heavy (non-hydrogen) atoms. The summed E-state index contributed by atoms with van der Waals surface area (Å²) in [6, 6.07) is 4.91. The van der Waals surface area contributed by atoms with Crippen LogP contribution in [0.5, 0.6) is 0 Å². The number of imidazole rings is 1. The van der Waals surface area contributed by atoms with Gasteiger partial charge >= 0.3 is 0 Å². The molecule has 0 amide bonds. The van der Waals surface area contributed by atoms with E-state index in [4.69, 9.17) is 11.0 Å². The highest BCUT2D eigenvalue weighted by molar-refractivity contribution is 7.90. The predicted molar refractivity (Wildman–Crippen MR) is 76.2 cm³/mol. The molecule has 12 heteroatoms. The number of anilines is 1. The maximum absolute atomic E-state index is 12.3. The summed E-state index contributed by atoms with van der Waals surface area (Å²) in [6.07, 6.45) is 1.50. The van der Waals surface area contributed by atoms with Crippen molar-refractivity contribution in [2.24, 2.45) is 11.0 Å². The third-order valence-corrected chi connectivity index (χ3v) is 4.81. The van der Waals surface area contributed by atoms with E-state index in [2.05, 4.69) is 15.1 Å². The lowest BCUT2D eigenvalue weighted by molar-refractivity contribution is 0.577. The highest BCUT2D eigenvalue weighted by atomic mass is 32.2. The number of nitrogens with two attached hydrogens (primary N) is 2. The number of nitrogen functional groups attached to an aromatic ring is 1. The standard InChI is InChI=1S/C9H14N6O4S2/c10-14-8-9(15-5-2-1-3-7(15)13-8)21(18,19)12-4-6-20(11,16)17/h1-3,5,12,14H,4,6,10H2,(H2,11,16,17). The topological polar surface area (TPSA) is 162 Å². The number of primary sulfonamides is 1. The number of sulfonamides is 2. The van der Waals surface area contributed by atoms with Gasteiger partial charge in [0.15, 0.2) is 10.8 Å². The summed E-state index contributed by atoms with van der Waals surface area (Å²) in [5, 5.41) is 4.60. The minimum Gasteiger partial charge on any atom is -0.306 e. The van der Waals surface area contributed by atoms with Crippen molar-refractivity contribution in [2.75, 3.05) is 17.7 Å². The third-order valence-electron chi connectivity index (χ3n) is 2.56. The Labute approximate surface area is 121 Å². The van der Waals surface area contributed by atoms with Gasteiger partial charge in [0.05, 0.1) is 5.75 Å². The molecule has 0 bridgehead atoms. The molecule has 0 spiro atoms. The zero-order valence-electron chi connectivity index (χ0n) is 10.7. The molecule has 10 nitrogen and oxygen atoms in total. The molecule has 0 fully saturated rings. The predicted octanol–water partition coefficient (Wildman–Crippen LogP) is -1.81. The van der Waals surface area contributed by atoms with Gasteiger partial charge in [-0.1, -0.05) is 6.07 Å². The Balaban J connectivity index is 2.40. The molecule has 0 aromatic carbocycles. The largest absolute Gasteiger partial charge is 0.306 e. The Morgan fingerprint density at radius 3 is 2.57 bits per heavy atom.